The Kier molecular flexibility index (Phi) is 2.35. The van der Waals surface area contributed by atoms with Crippen LogP contribution in [0.15, 0.2) is 42.5 Å². The summed E-state index contributed by atoms with van der Waals surface area (Å²) in [6.45, 7) is 0. The Morgan fingerprint density at radius 3 is 2.67 bits per heavy atom. The summed E-state index contributed by atoms with van der Waals surface area (Å²) in [5, 5.41) is 10.9. The highest BCUT2D eigenvalue weighted by atomic mass is 16.5. The molecule has 2 aromatic carbocycles. The first-order valence-electron chi connectivity index (χ1n) is 5.59. The summed E-state index contributed by atoms with van der Waals surface area (Å²) >= 11 is 0. The molecule has 18 heavy (non-hydrogen) atoms. The van der Waals surface area contributed by atoms with Gasteiger partial charge in [-0.05, 0) is 36.4 Å². The second kappa shape index (κ2) is 4.01. The summed E-state index contributed by atoms with van der Waals surface area (Å²) in [7, 11) is 1.65. The van der Waals surface area contributed by atoms with Crippen LogP contribution in [0, 0.1) is 11.3 Å². The maximum absolute atomic E-state index is 8.88. The zero-order valence-electron chi connectivity index (χ0n) is 9.84. The second-order valence-electron chi connectivity index (χ2n) is 4.07. The Labute approximate surface area is 104 Å². The van der Waals surface area contributed by atoms with E-state index in [2.05, 4.69) is 17.1 Å². The van der Waals surface area contributed by atoms with E-state index in [1.54, 1.807) is 19.2 Å². The third kappa shape index (κ3) is 1.64. The Hall–Kier alpha value is -2.60. The van der Waals surface area contributed by atoms with Crippen molar-refractivity contribution in [3.8, 4) is 11.8 Å². The molecule has 0 atom stereocenters. The number of pyridine rings is 1. The fourth-order valence-corrected chi connectivity index (χ4v) is 2.01. The second-order valence-corrected chi connectivity index (χ2v) is 4.07. The average Bonchev–Trinajstić information content (AvgIpc) is 2.43. The van der Waals surface area contributed by atoms with Gasteiger partial charge >= 0.3 is 0 Å². The van der Waals surface area contributed by atoms with Gasteiger partial charge < -0.3 is 4.74 Å². The van der Waals surface area contributed by atoms with E-state index in [0.29, 0.717) is 5.56 Å². The van der Waals surface area contributed by atoms with Gasteiger partial charge in [-0.1, -0.05) is 6.07 Å². The lowest BCUT2D eigenvalue weighted by atomic mass is 10.1. The fourth-order valence-electron chi connectivity index (χ4n) is 2.01. The summed E-state index contributed by atoms with van der Waals surface area (Å²) in [5.74, 6) is 0.817. The Morgan fingerprint density at radius 1 is 1.00 bits per heavy atom. The van der Waals surface area contributed by atoms with Gasteiger partial charge in [-0.15, -0.1) is 0 Å². The third-order valence-electron chi connectivity index (χ3n) is 2.95. The first-order chi connectivity index (χ1) is 8.80. The van der Waals surface area contributed by atoms with E-state index in [-0.39, 0.29) is 0 Å². The number of fused-ring (bicyclic) bond motifs is 2. The minimum absolute atomic E-state index is 0.628. The molecule has 0 aliphatic heterocycles. The molecule has 1 heterocycles. The largest absolute Gasteiger partial charge is 0.497 e. The van der Waals surface area contributed by atoms with Crippen LogP contribution in [0.3, 0.4) is 0 Å². The van der Waals surface area contributed by atoms with Gasteiger partial charge in [0.05, 0.1) is 29.8 Å². The maximum atomic E-state index is 8.88. The van der Waals surface area contributed by atoms with E-state index in [9.17, 15) is 0 Å². The van der Waals surface area contributed by atoms with Crippen molar-refractivity contribution in [1.82, 2.24) is 4.98 Å². The van der Waals surface area contributed by atoms with Gasteiger partial charge in [-0.3, -0.25) is 0 Å². The molecule has 0 saturated carbocycles. The highest BCUT2D eigenvalue weighted by molar-refractivity contribution is 5.93. The van der Waals surface area contributed by atoms with Gasteiger partial charge in [0.25, 0.3) is 0 Å². The van der Waals surface area contributed by atoms with Crippen molar-refractivity contribution < 1.29 is 4.74 Å². The molecule has 3 rings (SSSR count). The van der Waals surface area contributed by atoms with E-state index in [1.165, 1.54) is 0 Å². The highest BCUT2D eigenvalue weighted by Gasteiger charge is 2.02. The molecule has 3 nitrogen and oxygen atoms in total. The SMILES string of the molecule is COc1ccc2nc3cc(C#N)ccc3cc2c1. The molecule has 1 aromatic heterocycles. The van der Waals surface area contributed by atoms with Crippen molar-refractivity contribution in [3.63, 3.8) is 0 Å². The van der Waals surface area contributed by atoms with Crippen molar-refractivity contribution in [3.05, 3.63) is 48.0 Å². The van der Waals surface area contributed by atoms with Gasteiger partial charge in [0.2, 0.25) is 0 Å². The molecule has 0 aliphatic rings. The molecule has 0 fully saturated rings. The number of hydrogen-bond acceptors (Lipinski definition) is 3. The average molecular weight is 234 g/mol. The summed E-state index contributed by atoms with van der Waals surface area (Å²) in [6, 6.07) is 15.5. The van der Waals surface area contributed by atoms with Crippen LogP contribution in [0.5, 0.6) is 5.75 Å². The molecule has 3 heteroatoms. The van der Waals surface area contributed by atoms with Gasteiger partial charge in [0.1, 0.15) is 5.75 Å². The van der Waals surface area contributed by atoms with Gasteiger partial charge in [-0.25, -0.2) is 4.98 Å². The van der Waals surface area contributed by atoms with E-state index in [0.717, 1.165) is 27.6 Å². The molecular weight excluding hydrogens is 224 g/mol. The van der Waals surface area contributed by atoms with Gasteiger partial charge in [0.15, 0.2) is 0 Å². The molecule has 0 aliphatic carbocycles. The Morgan fingerprint density at radius 2 is 1.89 bits per heavy atom. The number of nitrogens with zero attached hydrogens (tertiary/aromatic N) is 2. The molecule has 0 amide bonds. The molecule has 0 radical (unpaired) electrons. The van der Waals surface area contributed by atoms with Gasteiger partial charge in [-0.2, -0.15) is 5.26 Å². The van der Waals surface area contributed by atoms with Gasteiger partial charge in [0, 0.05) is 10.8 Å². The molecule has 0 unspecified atom stereocenters. The number of ether oxygens (including phenoxy) is 1. The van der Waals surface area contributed by atoms with Crippen LogP contribution < -0.4 is 4.74 Å². The number of benzene rings is 2. The first kappa shape index (κ1) is 10.5. The Balaban J connectivity index is 2.32. The molecule has 0 saturated heterocycles. The lowest BCUT2D eigenvalue weighted by molar-refractivity contribution is 0.415. The number of aromatic nitrogens is 1. The Bertz CT molecular complexity index is 787. The van der Waals surface area contributed by atoms with Crippen LogP contribution >= 0.6 is 0 Å². The molecule has 3 aromatic rings. The molecule has 0 spiro atoms. The predicted octanol–water partition coefficient (Wildman–Crippen LogP) is 3.27. The third-order valence-corrected chi connectivity index (χ3v) is 2.95. The molecule has 0 bridgehead atoms. The summed E-state index contributed by atoms with van der Waals surface area (Å²) in [5.41, 5.74) is 2.37. The normalized spacial score (nSPS) is 10.4. The van der Waals surface area contributed by atoms with Crippen LogP contribution in [0.1, 0.15) is 5.56 Å². The summed E-state index contributed by atoms with van der Waals surface area (Å²) in [6.07, 6.45) is 0. The van der Waals surface area contributed by atoms with Crippen LogP contribution in [0.25, 0.3) is 21.8 Å². The smallest absolute Gasteiger partial charge is 0.119 e. The minimum atomic E-state index is 0.628. The number of methoxy groups -OCH3 is 1. The predicted molar refractivity (Wildman–Crippen MR) is 70.5 cm³/mol. The van der Waals surface area contributed by atoms with E-state index >= 15 is 0 Å². The summed E-state index contributed by atoms with van der Waals surface area (Å²) in [4.78, 5) is 4.56. The molecule has 86 valence electrons. The topological polar surface area (TPSA) is 45.9 Å². The highest BCUT2D eigenvalue weighted by Crippen LogP contribution is 2.24. The van der Waals surface area contributed by atoms with E-state index in [4.69, 9.17) is 10.00 Å². The summed E-state index contributed by atoms with van der Waals surface area (Å²) < 4.78 is 5.20. The van der Waals surface area contributed by atoms with E-state index in [1.807, 2.05) is 24.3 Å². The van der Waals surface area contributed by atoms with Crippen molar-refractivity contribution in [2.75, 3.05) is 7.11 Å². The minimum Gasteiger partial charge on any atom is -0.497 e. The fraction of sp³-hybridized carbons (Fsp3) is 0.0667. The zero-order chi connectivity index (χ0) is 12.5. The van der Waals surface area contributed by atoms with E-state index < -0.39 is 0 Å². The standard InChI is InChI=1S/C15H10N2O/c1-18-13-4-5-14-12(8-13)7-11-3-2-10(9-16)6-15(11)17-14/h2-8H,1H3. The van der Waals surface area contributed by atoms with Crippen LogP contribution in [-0.4, -0.2) is 12.1 Å². The monoisotopic (exact) mass is 234 g/mol. The number of rotatable bonds is 1. The zero-order valence-corrected chi connectivity index (χ0v) is 9.84. The lowest BCUT2D eigenvalue weighted by Gasteiger charge is -2.04. The number of hydrogen-bond donors (Lipinski definition) is 0. The number of nitriles is 1. The van der Waals surface area contributed by atoms with Crippen LogP contribution in [0.2, 0.25) is 0 Å². The van der Waals surface area contributed by atoms with Crippen molar-refractivity contribution in [1.29, 1.82) is 5.26 Å². The quantitative estimate of drug-likeness (QED) is 0.607. The van der Waals surface area contributed by atoms with Crippen LogP contribution in [0.4, 0.5) is 0 Å². The van der Waals surface area contributed by atoms with Crippen LogP contribution in [-0.2, 0) is 0 Å². The van der Waals surface area contributed by atoms with Crippen molar-refractivity contribution in [2.45, 2.75) is 0 Å². The molecular formula is C15H10N2O. The lowest BCUT2D eigenvalue weighted by Crippen LogP contribution is -1.86. The first-order valence-corrected chi connectivity index (χ1v) is 5.59. The maximum Gasteiger partial charge on any atom is 0.119 e. The van der Waals surface area contributed by atoms with Crippen molar-refractivity contribution in [2.24, 2.45) is 0 Å². The molecule has 0 N–H and O–H groups in total. The van der Waals surface area contributed by atoms with Crippen molar-refractivity contribution >= 4 is 21.8 Å².